The molecule has 9 heteroatoms. The molecule has 3 heterocycles. The lowest BCUT2D eigenvalue weighted by atomic mass is 9.95. The minimum absolute atomic E-state index is 0.231. The van der Waals surface area contributed by atoms with E-state index < -0.39 is 6.04 Å². The van der Waals surface area contributed by atoms with Gasteiger partial charge in [-0.05, 0) is 30.2 Å². The number of carbonyl (C=O) groups excluding carboxylic acids is 1. The number of anilines is 1. The minimum atomic E-state index is -0.542. The van der Waals surface area contributed by atoms with E-state index in [1.54, 1.807) is 11.6 Å². The van der Waals surface area contributed by atoms with Crippen molar-refractivity contribution in [2.75, 3.05) is 5.32 Å². The third-order valence-electron chi connectivity index (χ3n) is 3.91. The Kier molecular flexibility index (Phi) is 3.87. The van der Waals surface area contributed by atoms with Crippen LogP contribution in [0.4, 0.5) is 5.95 Å². The van der Waals surface area contributed by atoms with Gasteiger partial charge in [-0.2, -0.15) is 4.98 Å². The lowest BCUT2D eigenvalue weighted by Crippen LogP contribution is -2.29. The van der Waals surface area contributed by atoms with E-state index in [9.17, 15) is 4.79 Å². The molecule has 1 aliphatic rings. The molecule has 1 aliphatic heterocycles. The highest BCUT2D eigenvalue weighted by molar-refractivity contribution is 5.91. The zero-order valence-electron chi connectivity index (χ0n) is 13.9. The van der Waals surface area contributed by atoms with E-state index in [1.165, 1.54) is 0 Å². The number of fused-ring (bicyclic) bond motifs is 1. The van der Waals surface area contributed by atoms with E-state index >= 15 is 0 Å². The summed E-state index contributed by atoms with van der Waals surface area (Å²) in [6.45, 7) is 8.63. The monoisotopic (exact) mass is 318 g/mol. The fourth-order valence-corrected chi connectivity index (χ4v) is 2.61. The number of aryl methyl sites for hydroxylation is 2. The van der Waals surface area contributed by atoms with Crippen LogP contribution >= 0.6 is 0 Å². The Morgan fingerprint density at radius 2 is 2.09 bits per heavy atom. The van der Waals surface area contributed by atoms with Crippen molar-refractivity contribution in [1.82, 2.24) is 35.0 Å². The Hall–Kier alpha value is -2.32. The number of carbonyl (C=O) groups is 1. The van der Waals surface area contributed by atoms with Crippen molar-refractivity contribution in [1.29, 1.82) is 0 Å². The minimum Gasteiger partial charge on any atom is -0.291 e. The number of aromatic nitrogens is 7. The largest absolute Gasteiger partial charge is 0.291 e. The van der Waals surface area contributed by atoms with Crippen LogP contribution in [0.15, 0.2) is 0 Å². The molecular formula is C14H22N8O. The van der Waals surface area contributed by atoms with Gasteiger partial charge in [-0.3, -0.25) is 10.1 Å². The summed E-state index contributed by atoms with van der Waals surface area (Å²) in [5.41, 5.74) is -0.246. The van der Waals surface area contributed by atoms with Crippen LogP contribution in [-0.2, 0) is 23.2 Å². The summed E-state index contributed by atoms with van der Waals surface area (Å²) in [6.07, 6.45) is 3.11. The van der Waals surface area contributed by atoms with Gasteiger partial charge in [-0.1, -0.05) is 20.8 Å². The molecule has 0 saturated heterocycles. The summed E-state index contributed by atoms with van der Waals surface area (Å²) in [7, 11) is 0. The molecule has 3 rings (SSSR count). The van der Waals surface area contributed by atoms with Crippen molar-refractivity contribution < 1.29 is 4.79 Å². The van der Waals surface area contributed by atoms with Crippen LogP contribution < -0.4 is 5.32 Å². The second-order valence-electron chi connectivity index (χ2n) is 6.89. The van der Waals surface area contributed by atoms with Crippen molar-refractivity contribution in [2.45, 2.75) is 65.0 Å². The molecular weight excluding hydrogens is 296 g/mol. The first kappa shape index (κ1) is 15.6. The van der Waals surface area contributed by atoms with Gasteiger partial charge in [0.1, 0.15) is 11.9 Å². The van der Waals surface area contributed by atoms with Crippen LogP contribution in [0.1, 0.15) is 58.2 Å². The van der Waals surface area contributed by atoms with Crippen molar-refractivity contribution >= 4 is 11.9 Å². The van der Waals surface area contributed by atoms with Gasteiger partial charge >= 0.3 is 0 Å². The standard InChI is InChI=1S/C14H22N8O/c1-9(22-12(14(2,3)4)17-19-20-22)11(23)16-13-15-10-7-5-6-8-21(10)18-13/h9H,5-8H2,1-4H3,(H,16,18,23). The number of hydrogen-bond acceptors (Lipinski definition) is 6. The normalized spacial score (nSPS) is 16.0. The Morgan fingerprint density at radius 1 is 1.30 bits per heavy atom. The molecule has 0 saturated carbocycles. The van der Waals surface area contributed by atoms with E-state index in [1.807, 2.05) is 25.5 Å². The molecule has 0 spiro atoms. The molecule has 0 fully saturated rings. The van der Waals surface area contributed by atoms with E-state index in [0.717, 1.165) is 31.6 Å². The second-order valence-corrected chi connectivity index (χ2v) is 6.89. The maximum absolute atomic E-state index is 12.5. The molecule has 0 aromatic carbocycles. The van der Waals surface area contributed by atoms with Crippen LogP contribution in [0, 0.1) is 0 Å². The SMILES string of the molecule is CC(C(=O)Nc1nc2n(n1)CCCC2)n1nnnc1C(C)(C)C. The Labute approximate surface area is 134 Å². The predicted octanol–water partition coefficient (Wildman–Crippen LogP) is 1.10. The van der Waals surface area contributed by atoms with Crippen LogP contribution in [0.2, 0.25) is 0 Å². The van der Waals surface area contributed by atoms with Crippen molar-refractivity contribution in [3.63, 3.8) is 0 Å². The fourth-order valence-electron chi connectivity index (χ4n) is 2.61. The molecule has 124 valence electrons. The topological polar surface area (TPSA) is 103 Å². The molecule has 1 atom stereocenters. The van der Waals surface area contributed by atoms with Gasteiger partial charge in [-0.15, -0.1) is 10.2 Å². The molecule has 9 nitrogen and oxygen atoms in total. The van der Waals surface area contributed by atoms with Crippen LogP contribution in [0.5, 0.6) is 0 Å². The third-order valence-corrected chi connectivity index (χ3v) is 3.91. The number of amides is 1. The highest BCUT2D eigenvalue weighted by Crippen LogP contribution is 2.22. The van der Waals surface area contributed by atoms with E-state index in [2.05, 4.69) is 30.9 Å². The number of nitrogens with zero attached hydrogens (tertiary/aromatic N) is 7. The van der Waals surface area contributed by atoms with Gasteiger partial charge in [0.25, 0.3) is 5.91 Å². The van der Waals surface area contributed by atoms with Gasteiger partial charge in [0.2, 0.25) is 5.95 Å². The number of rotatable bonds is 3. The molecule has 1 unspecified atom stereocenters. The zero-order chi connectivity index (χ0) is 16.6. The molecule has 23 heavy (non-hydrogen) atoms. The molecule has 1 amide bonds. The first-order valence-corrected chi connectivity index (χ1v) is 7.89. The van der Waals surface area contributed by atoms with Gasteiger partial charge < -0.3 is 0 Å². The van der Waals surface area contributed by atoms with Crippen LogP contribution in [0.25, 0.3) is 0 Å². The number of tetrazole rings is 1. The Balaban J connectivity index is 1.76. The fraction of sp³-hybridized carbons (Fsp3) is 0.714. The number of hydrogen-bond donors (Lipinski definition) is 1. The molecule has 0 bridgehead atoms. The first-order chi connectivity index (χ1) is 10.9. The maximum Gasteiger partial charge on any atom is 0.251 e. The summed E-state index contributed by atoms with van der Waals surface area (Å²) in [5.74, 6) is 1.71. The number of nitrogens with one attached hydrogen (secondary N) is 1. The third kappa shape index (κ3) is 3.08. The summed E-state index contributed by atoms with van der Waals surface area (Å²) < 4.78 is 3.41. The van der Waals surface area contributed by atoms with Crippen LogP contribution in [-0.4, -0.2) is 40.9 Å². The Bertz CT molecular complexity index is 687. The predicted molar refractivity (Wildman–Crippen MR) is 82.8 cm³/mol. The molecule has 0 aliphatic carbocycles. The quantitative estimate of drug-likeness (QED) is 0.909. The van der Waals surface area contributed by atoms with Gasteiger partial charge in [0, 0.05) is 18.4 Å². The highest BCUT2D eigenvalue weighted by Gasteiger charge is 2.28. The Morgan fingerprint density at radius 3 is 2.78 bits per heavy atom. The average molecular weight is 318 g/mol. The van der Waals surface area contributed by atoms with Crippen LogP contribution in [0.3, 0.4) is 0 Å². The summed E-state index contributed by atoms with van der Waals surface area (Å²) in [5, 5.41) is 18.8. The molecule has 2 aromatic heterocycles. The maximum atomic E-state index is 12.5. The first-order valence-electron chi connectivity index (χ1n) is 7.89. The van der Waals surface area contributed by atoms with E-state index in [-0.39, 0.29) is 11.3 Å². The van der Waals surface area contributed by atoms with Gasteiger partial charge in [0.05, 0.1) is 0 Å². The molecule has 1 N–H and O–H groups in total. The van der Waals surface area contributed by atoms with E-state index in [4.69, 9.17) is 0 Å². The van der Waals surface area contributed by atoms with E-state index in [0.29, 0.717) is 11.8 Å². The van der Waals surface area contributed by atoms with Gasteiger partial charge in [0.15, 0.2) is 5.82 Å². The highest BCUT2D eigenvalue weighted by atomic mass is 16.2. The lowest BCUT2D eigenvalue weighted by molar-refractivity contribution is -0.119. The molecule has 2 aromatic rings. The van der Waals surface area contributed by atoms with Crippen molar-refractivity contribution in [3.05, 3.63) is 11.6 Å². The van der Waals surface area contributed by atoms with Gasteiger partial charge in [-0.25, -0.2) is 9.36 Å². The van der Waals surface area contributed by atoms with Crippen molar-refractivity contribution in [2.24, 2.45) is 0 Å². The molecule has 0 radical (unpaired) electrons. The average Bonchev–Trinajstić information content (AvgIpc) is 3.11. The summed E-state index contributed by atoms with van der Waals surface area (Å²) in [6, 6.07) is -0.542. The summed E-state index contributed by atoms with van der Waals surface area (Å²) in [4.78, 5) is 16.9. The smallest absolute Gasteiger partial charge is 0.251 e. The van der Waals surface area contributed by atoms with Crippen molar-refractivity contribution in [3.8, 4) is 0 Å². The zero-order valence-corrected chi connectivity index (χ0v) is 13.9. The second kappa shape index (κ2) is 5.71. The summed E-state index contributed by atoms with van der Waals surface area (Å²) >= 11 is 0. The lowest BCUT2D eigenvalue weighted by Gasteiger charge is -2.20.